The van der Waals surface area contributed by atoms with E-state index in [4.69, 9.17) is 0 Å². The van der Waals surface area contributed by atoms with Gasteiger partial charge in [-0.25, -0.2) is 0 Å². The van der Waals surface area contributed by atoms with Gasteiger partial charge in [-0.05, 0) is 22.4 Å². The van der Waals surface area contributed by atoms with Gasteiger partial charge in [0.1, 0.15) is 0 Å². The second kappa shape index (κ2) is 3.30. The van der Waals surface area contributed by atoms with Crippen LogP contribution in [0.1, 0.15) is 12.5 Å². The number of allylic oxidation sites excluding steroid dienone is 1. The molecule has 0 aliphatic rings. The van der Waals surface area contributed by atoms with Gasteiger partial charge in [0.2, 0.25) is 5.70 Å². The lowest BCUT2D eigenvalue weighted by Gasteiger charge is -1.86. The molecule has 0 aliphatic carbocycles. The highest BCUT2D eigenvalue weighted by Crippen LogP contribution is 2.10. The predicted octanol–water partition coefficient (Wildman–Crippen LogP) is 2.39. The van der Waals surface area contributed by atoms with Crippen LogP contribution in [0.15, 0.2) is 22.5 Å². The molecule has 1 aromatic heterocycles. The Morgan fingerprint density at radius 1 is 1.82 bits per heavy atom. The van der Waals surface area contributed by atoms with E-state index in [-0.39, 0.29) is 5.70 Å². The maximum Gasteiger partial charge on any atom is 0.243 e. The first-order chi connectivity index (χ1) is 5.20. The molecule has 0 spiro atoms. The molecule has 0 N–H and O–H groups in total. The average molecular weight is 169 g/mol. The van der Waals surface area contributed by atoms with E-state index >= 15 is 0 Å². The van der Waals surface area contributed by atoms with Gasteiger partial charge in [0.05, 0.1) is 4.92 Å². The van der Waals surface area contributed by atoms with Crippen molar-refractivity contribution in [3.8, 4) is 0 Å². The molecule has 0 radical (unpaired) electrons. The Balaban J connectivity index is 2.82. The number of rotatable bonds is 2. The fraction of sp³-hybridized carbons (Fsp3) is 0.143. The predicted molar refractivity (Wildman–Crippen MR) is 45.0 cm³/mol. The lowest BCUT2D eigenvalue weighted by molar-refractivity contribution is -0.422. The molecule has 4 heteroatoms. The SMILES string of the molecule is C/C(=C\c1ccsc1)[N+](=O)[O-]. The van der Waals surface area contributed by atoms with Crippen molar-refractivity contribution in [2.45, 2.75) is 6.92 Å². The molecule has 0 saturated heterocycles. The zero-order valence-corrected chi connectivity index (χ0v) is 6.80. The van der Waals surface area contributed by atoms with Gasteiger partial charge in [0, 0.05) is 13.0 Å². The highest BCUT2D eigenvalue weighted by molar-refractivity contribution is 7.08. The lowest BCUT2D eigenvalue weighted by Crippen LogP contribution is -1.92. The van der Waals surface area contributed by atoms with E-state index < -0.39 is 4.92 Å². The molecule has 0 atom stereocenters. The summed E-state index contributed by atoms with van der Waals surface area (Å²) in [5.41, 5.74) is 1.06. The molecule has 1 aromatic rings. The van der Waals surface area contributed by atoms with Gasteiger partial charge in [-0.2, -0.15) is 11.3 Å². The smallest absolute Gasteiger partial charge is 0.243 e. The van der Waals surface area contributed by atoms with E-state index in [1.165, 1.54) is 18.3 Å². The van der Waals surface area contributed by atoms with E-state index in [0.29, 0.717) is 0 Å². The summed E-state index contributed by atoms with van der Waals surface area (Å²) in [6, 6.07) is 1.84. The van der Waals surface area contributed by atoms with Crippen molar-refractivity contribution in [3.63, 3.8) is 0 Å². The van der Waals surface area contributed by atoms with Crippen LogP contribution in [0.5, 0.6) is 0 Å². The molecule has 0 fully saturated rings. The van der Waals surface area contributed by atoms with Crippen molar-refractivity contribution in [2.24, 2.45) is 0 Å². The molecule has 0 unspecified atom stereocenters. The second-order valence-corrected chi connectivity index (χ2v) is 2.88. The minimum Gasteiger partial charge on any atom is -0.259 e. The molecule has 3 nitrogen and oxygen atoms in total. The Hall–Kier alpha value is -1.16. The van der Waals surface area contributed by atoms with Gasteiger partial charge in [-0.15, -0.1) is 0 Å². The molecule has 0 saturated carbocycles. The molecule has 11 heavy (non-hydrogen) atoms. The Labute approximate surface area is 68.1 Å². The summed E-state index contributed by atoms with van der Waals surface area (Å²) in [5, 5.41) is 13.9. The standard InChI is InChI=1S/C7H7NO2S/c1-6(8(9)10)4-7-2-3-11-5-7/h2-5H,1H3/b6-4+. The number of thiophene rings is 1. The highest BCUT2D eigenvalue weighted by Gasteiger charge is 2.00. The molecule has 0 bridgehead atoms. The van der Waals surface area contributed by atoms with Crippen LogP contribution < -0.4 is 0 Å². The lowest BCUT2D eigenvalue weighted by atomic mass is 10.3. The molecule has 0 amide bonds. The van der Waals surface area contributed by atoms with Crippen molar-refractivity contribution < 1.29 is 4.92 Å². The third-order valence-electron chi connectivity index (χ3n) is 1.21. The van der Waals surface area contributed by atoms with E-state index in [1.807, 2.05) is 16.8 Å². The van der Waals surface area contributed by atoms with Crippen LogP contribution in [0.3, 0.4) is 0 Å². The highest BCUT2D eigenvalue weighted by atomic mass is 32.1. The maximum absolute atomic E-state index is 10.2. The molecule has 0 aliphatic heterocycles. The first kappa shape index (κ1) is 7.94. The Bertz CT molecular complexity index is 277. The largest absolute Gasteiger partial charge is 0.259 e. The average Bonchev–Trinajstić information content (AvgIpc) is 2.39. The van der Waals surface area contributed by atoms with Crippen LogP contribution in [-0.4, -0.2) is 4.92 Å². The molecular formula is C7H7NO2S. The van der Waals surface area contributed by atoms with E-state index in [0.717, 1.165) is 5.56 Å². The minimum absolute atomic E-state index is 0.170. The summed E-state index contributed by atoms with van der Waals surface area (Å²) in [4.78, 5) is 9.77. The molecule has 1 heterocycles. The van der Waals surface area contributed by atoms with Crippen LogP contribution in [0, 0.1) is 10.1 Å². The Morgan fingerprint density at radius 2 is 2.55 bits per heavy atom. The topological polar surface area (TPSA) is 43.1 Å². The van der Waals surface area contributed by atoms with Gasteiger partial charge >= 0.3 is 0 Å². The summed E-state index contributed by atoms with van der Waals surface area (Å²) >= 11 is 1.53. The monoisotopic (exact) mass is 169 g/mol. The van der Waals surface area contributed by atoms with Crippen molar-refractivity contribution in [1.82, 2.24) is 0 Å². The first-order valence-corrected chi connectivity index (χ1v) is 3.99. The van der Waals surface area contributed by atoms with E-state index in [9.17, 15) is 10.1 Å². The van der Waals surface area contributed by atoms with E-state index in [2.05, 4.69) is 0 Å². The zero-order chi connectivity index (χ0) is 8.27. The van der Waals surface area contributed by atoms with Gasteiger partial charge in [-0.3, -0.25) is 10.1 Å². The number of hydrogen-bond acceptors (Lipinski definition) is 3. The fourth-order valence-corrected chi connectivity index (χ4v) is 1.27. The van der Waals surface area contributed by atoms with Crippen LogP contribution >= 0.6 is 11.3 Å². The van der Waals surface area contributed by atoms with Crippen molar-refractivity contribution in [2.75, 3.05) is 0 Å². The number of nitrogens with zero attached hydrogens (tertiary/aromatic N) is 1. The molecular weight excluding hydrogens is 162 g/mol. The summed E-state index contributed by atoms with van der Waals surface area (Å²) in [6.07, 6.45) is 1.55. The Kier molecular flexibility index (Phi) is 2.38. The molecule has 58 valence electrons. The summed E-state index contributed by atoms with van der Waals surface area (Å²) < 4.78 is 0. The summed E-state index contributed by atoms with van der Waals surface area (Å²) in [5.74, 6) is 0. The van der Waals surface area contributed by atoms with Crippen molar-refractivity contribution >= 4 is 17.4 Å². The van der Waals surface area contributed by atoms with Crippen LogP contribution in [0.2, 0.25) is 0 Å². The second-order valence-electron chi connectivity index (χ2n) is 2.10. The summed E-state index contributed by atoms with van der Waals surface area (Å²) in [6.45, 7) is 1.48. The van der Waals surface area contributed by atoms with E-state index in [1.54, 1.807) is 6.08 Å². The third kappa shape index (κ3) is 2.16. The quantitative estimate of drug-likeness (QED) is 0.504. The van der Waals surface area contributed by atoms with Gasteiger partial charge in [-0.1, -0.05) is 0 Å². The van der Waals surface area contributed by atoms with Crippen molar-refractivity contribution in [3.05, 3.63) is 38.2 Å². The maximum atomic E-state index is 10.2. The summed E-state index contributed by atoms with van der Waals surface area (Å²) in [7, 11) is 0. The van der Waals surface area contributed by atoms with Gasteiger partial charge in [0.15, 0.2) is 0 Å². The number of hydrogen-bond donors (Lipinski definition) is 0. The fourth-order valence-electron chi connectivity index (χ4n) is 0.651. The number of nitro groups is 1. The Morgan fingerprint density at radius 3 is 3.00 bits per heavy atom. The third-order valence-corrected chi connectivity index (χ3v) is 1.91. The first-order valence-electron chi connectivity index (χ1n) is 3.05. The van der Waals surface area contributed by atoms with Crippen molar-refractivity contribution in [1.29, 1.82) is 0 Å². The molecule has 1 rings (SSSR count). The van der Waals surface area contributed by atoms with Crippen LogP contribution in [0.4, 0.5) is 0 Å². The zero-order valence-electron chi connectivity index (χ0n) is 5.98. The molecule has 0 aromatic carbocycles. The normalized spacial score (nSPS) is 11.5. The minimum atomic E-state index is -0.391. The van der Waals surface area contributed by atoms with Crippen LogP contribution in [0.25, 0.3) is 6.08 Å². The van der Waals surface area contributed by atoms with Gasteiger partial charge < -0.3 is 0 Å². The van der Waals surface area contributed by atoms with Crippen LogP contribution in [-0.2, 0) is 0 Å². The van der Waals surface area contributed by atoms with Gasteiger partial charge in [0.25, 0.3) is 0 Å².